The van der Waals surface area contributed by atoms with Crippen LogP contribution in [0.25, 0.3) is 0 Å². The molecule has 0 bridgehead atoms. The fourth-order valence-corrected chi connectivity index (χ4v) is 2.39. The van der Waals surface area contributed by atoms with Crippen molar-refractivity contribution in [2.75, 3.05) is 0 Å². The summed E-state index contributed by atoms with van der Waals surface area (Å²) in [7, 11) is 0. The molecule has 2 atom stereocenters. The number of ether oxygens (including phenoxy) is 1. The first-order chi connectivity index (χ1) is 9.64. The maximum atomic E-state index is 12.3. The summed E-state index contributed by atoms with van der Waals surface area (Å²) in [5, 5.41) is 3.59. The van der Waals surface area contributed by atoms with Gasteiger partial charge in [-0.1, -0.05) is 20.3 Å². The molecular weight excluding hydrogens is 288 g/mol. The second kappa shape index (κ2) is 7.02. The van der Waals surface area contributed by atoms with Gasteiger partial charge in [-0.15, -0.1) is 11.3 Å². The Morgan fingerprint density at radius 3 is 2.48 bits per heavy atom. The molecule has 1 rings (SSSR count). The number of aromatic nitrogens is 1. The van der Waals surface area contributed by atoms with E-state index >= 15 is 0 Å². The third-order valence-corrected chi connectivity index (χ3v) is 3.92. The average Bonchev–Trinajstić information content (AvgIpc) is 2.79. The zero-order valence-electron chi connectivity index (χ0n) is 13.5. The standard InChI is InChI=1S/C15H24N2O3S/c1-7-9(2)12(14(19)20-15(4,5)6)17-13(18)11-8-16-10(3)21-11/h8-9,12H,7H2,1-6H3,(H,17,18)/t9-,12-/m0/s1. The van der Waals surface area contributed by atoms with Crippen molar-refractivity contribution < 1.29 is 14.3 Å². The summed E-state index contributed by atoms with van der Waals surface area (Å²) in [4.78, 5) is 29.1. The number of amides is 1. The Balaban J connectivity index is 2.83. The van der Waals surface area contributed by atoms with E-state index in [0.717, 1.165) is 11.4 Å². The minimum absolute atomic E-state index is 0.00202. The molecular formula is C15H24N2O3S. The van der Waals surface area contributed by atoms with E-state index in [2.05, 4.69) is 10.3 Å². The summed E-state index contributed by atoms with van der Waals surface area (Å²) in [5.41, 5.74) is -0.575. The van der Waals surface area contributed by atoms with Gasteiger partial charge in [0.05, 0.1) is 11.2 Å². The lowest BCUT2D eigenvalue weighted by atomic mass is 9.99. The molecule has 1 N–H and O–H groups in total. The third kappa shape index (κ3) is 5.46. The van der Waals surface area contributed by atoms with E-state index < -0.39 is 17.6 Å². The number of nitrogens with one attached hydrogen (secondary N) is 1. The first-order valence-electron chi connectivity index (χ1n) is 7.10. The molecule has 0 fully saturated rings. The lowest BCUT2D eigenvalue weighted by Gasteiger charge is -2.27. The van der Waals surface area contributed by atoms with Gasteiger partial charge >= 0.3 is 5.97 Å². The number of hydrogen-bond donors (Lipinski definition) is 1. The van der Waals surface area contributed by atoms with Crippen molar-refractivity contribution >= 4 is 23.2 Å². The minimum atomic E-state index is -0.649. The van der Waals surface area contributed by atoms with E-state index in [1.807, 2.05) is 41.5 Å². The van der Waals surface area contributed by atoms with Crippen LogP contribution >= 0.6 is 11.3 Å². The lowest BCUT2D eigenvalue weighted by molar-refractivity contribution is -0.158. The van der Waals surface area contributed by atoms with Crippen molar-refractivity contribution in [2.24, 2.45) is 5.92 Å². The van der Waals surface area contributed by atoms with Crippen LogP contribution in [0.1, 0.15) is 55.7 Å². The average molecular weight is 312 g/mol. The summed E-state index contributed by atoms with van der Waals surface area (Å²) in [6, 6.07) is -0.649. The SMILES string of the molecule is CC[C@H](C)[C@H](NC(=O)c1cnc(C)s1)C(=O)OC(C)(C)C. The van der Waals surface area contributed by atoms with Crippen LogP contribution in [0.4, 0.5) is 0 Å². The summed E-state index contributed by atoms with van der Waals surface area (Å²) in [5.74, 6) is -0.680. The number of rotatable bonds is 5. The van der Waals surface area contributed by atoms with Crippen LogP contribution in [0, 0.1) is 12.8 Å². The number of esters is 1. The topological polar surface area (TPSA) is 68.3 Å². The Labute approximate surface area is 130 Å². The van der Waals surface area contributed by atoms with Gasteiger partial charge in [0.25, 0.3) is 5.91 Å². The van der Waals surface area contributed by atoms with E-state index in [4.69, 9.17) is 4.74 Å². The Bertz CT molecular complexity index is 505. The number of aryl methyl sites for hydroxylation is 1. The van der Waals surface area contributed by atoms with Gasteiger partial charge in [0.2, 0.25) is 0 Å². The molecule has 0 aliphatic heterocycles. The van der Waals surface area contributed by atoms with Gasteiger partial charge in [-0.05, 0) is 33.6 Å². The first-order valence-corrected chi connectivity index (χ1v) is 7.92. The number of hydrogen-bond acceptors (Lipinski definition) is 5. The van der Waals surface area contributed by atoms with Crippen LogP contribution in [0.2, 0.25) is 0 Å². The minimum Gasteiger partial charge on any atom is -0.458 e. The van der Waals surface area contributed by atoms with Crippen molar-refractivity contribution in [2.45, 2.75) is 59.6 Å². The molecule has 6 heteroatoms. The normalized spacial score (nSPS) is 14.4. The fraction of sp³-hybridized carbons (Fsp3) is 0.667. The predicted octanol–water partition coefficient (Wildman–Crippen LogP) is 2.94. The van der Waals surface area contributed by atoms with E-state index in [0.29, 0.717) is 4.88 Å². The number of thiazole rings is 1. The third-order valence-electron chi connectivity index (χ3n) is 3.01. The quantitative estimate of drug-likeness (QED) is 0.849. The molecule has 5 nitrogen and oxygen atoms in total. The van der Waals surface area contributed by atoms with Gasteiger partial charge < -0.3 is 10.1 Å². The number of carbonyl (C=O) groups excluding carboxylic acids is 2. The number of nitrogens with zero attached hydrogens (tertiary/aromatic N) is 1. The Morgan fingerprint density at radius 2 is 2.05 bits per heavy atom. The second-order valence-electron chi connectivity index (χ2n) is 6.11. The van der Waals surface area contributed by atoms with Crippen LogP contribution in [0.15, 0.2) is 6.20 Å². The Hall–Kier alpha value is -1.43. The molecule has 21 heavy (non-hydrogen) atoms. The molecule has 0 aliphatic rings. The van der Waals surface area contributed by atoms with E-state index in [-0.39, 0.29) is 11.8 Å². The molecule has 1 heterocycles. The smallest absolute Gasteiger partial charge is 0.329 e. The highest BCUT2D eigenvalue weighted by molar-refractivity contribution is 7.13. The van der Waals surface area contributed by atoms with Crippen molar-refractivity contribution in [1.82, 2.24) is 10.3 Å². The largest absolute Gasteiger partial charge is 0.458 e. The van der Waals surface area contributed by atoms with Crippen LogP contribution < -0.4 is 5.32 Å². The molecule has 0 unspecified atom stereocenters. The van der Waals surface area contributed by atoms with Gasteiger partial charge in [0, 0.05) is 0 Å². The molecule has 1 amide bonds. The van der Waals surface area contributed by atoms with Crippen LogP contribution in [0.5, 0.6) is 0 Å². The summed E-state index contributed by atoms with van der Waals surface area (Å²) in [6.07, 6.45) is 2.30. The molecule has 0 saturated carbocycles. The highest BCUT2D eigenvalue weighted by atomic mass is 32.1. The van der Waals surface area contributed by atoms with Gasteiger partial charge in [-0.25, -0.2) is 9.78 Å². The zero-order chi connectivity index (χ0) is 16.2. The van der Waals surface area contributed by atoms with E-state index in [9.17, 15) is 9.59 Å². The summed E-state index contributed by atoms with van der Waals surface area (Å²) in [6.45, 7) is 11.2. The van der Waals surface area contributed by atoms with Crippen LogP contribution in [-0.2, 0) is 9.53 Å². The molecule has 1 aromatic heterocycles. The highest BCUT2D eigenvalue weighted by Gasteiger charge is 2.31. The van der Waals surface area contributed by atoms with Gasteiger partial charge in [0.15, 0.2) is 0 Å². The first kappa shape index (κ1) is 17.6. The van der Waals surface area contributed by atoms with Crippen LogP contribution in [-0.4, -0.2) is 28.5 Å². The van der Waals surface area contributed by atoms with Gasteiger partial charge in [-0.2, -0.15) is 0 Å². The van der Waals surface area contributed by atoms with E-state index in [1.54, 1.807) is 0 Å². The molecule has 1 aromatic rings. The van der Waals surface area contributed by atoms with Crippen LogP contribution in [0.3, 0.4) is 0 Å². The molecule has 0 saturated heterocycles. The molecule has 0 radical (unpaired) electrons. The molecule has 0 aromatic carbocycles. The van der Waals surface area contributed by atoms with Crippen molar-refractivity contribution in [1.29, 1.82) is 0 Å². The number of carbonyl (C=O) groups is 2. The summed E-state index contributed by atoms with van der Waals surface area (Å²) >= 11 is 1.31. The maximum absolute atomic E-state index is 12.3. The predicted molar refractivity (Wildman–Crippen MR) is 83.4 cm³/mol. The lowest BCUT2D eigenvalue weighted by Crippen LogP contribution is -2.47. The van der Waals surface area contributed by atoms with Gasteiger partial charge in [0.1, 0.15) is 16.5 Å². The monoisotopic (exact) mass is 312 g/mol. The second-order valence-corrected chi connectivity index (χ2v) is 7.35. The summed E-state index contributed by atoms with van der Waals surface area (Å²) < 4.78 is 5.40. The maximum Gasteiger partial charge on any atom is 0.329 e. The fourth-order valence-electron chi connectivity index (χ4n) is 1.71. The highest BCUT2D eigenvalue weighted by Crippen LogP contribution is 2.17. The Kier molecular flexibility index (Phi) is 5.89. The van der Waals surface area contributed by atoms with Crippen molar-refractivity contribution in [3.8, 4) is 0 Å². The van der Waals surface area contributed by atoms with Gasteiger partial charge in [-0.3, -0.25) is 4.79 Å². The van der Waals surface area contributed by atoms with Crippen molar-refractivity contribution in [3.05, 3.63) is 16.1 Å². The zero-order valence-corrected chi connectivity index (χ0v) is 14.3. The molecule has 0 aliphatic carbocycles. The molecule has 118 valence electrons. The van der Waals surface area contributed by atoms with E-state index in [1.165, 1.54) is 17.5 Å². The Morgan fingerprint density at radius 1 is 1.43 bits per heavy atom. The van der Waals surface area contributed by atoms with Crippen molar-refractivity contribution in [3.63, 3.8) is 0 Å². The molecule has 0 spiro atoms.